The number of benzene rings is 1. The number of nitrogens with zero attached hydrogens (tertiary/aromatic N) is 3. The molecule has 132 valence electrons. The number of rotatable bonds is 5. The maximum Gasteiger partial charge on any atom is 0.295 e. The van der Waals surface area contributed by atoms with E-state index in [0.717, 1.165) is 42.7 Å². The van der Waals surface area contributed by atoms with Gasteiger partial charge in [0.15, 0.2) is 5.52 Å². The highest BCUT2D eigenvalue weighted by molar-refractivity contribution is 5.96. The molecule has 2 aromatic rings. The van der Waals surface area contributed by atoms with Crippen molar-refractivity contribution >= 4 is 28.2 Å². The van der Waals surface area contributed by atoms with Gasteiger partial charge in [0.05, 0.1) is 11.5 Å². The van der Waals surface area contributed by atoms with Gasteiger partial charge in [-0.15, -0.1) is 0 Å². The Bertz CT molecular complexity index is 815. The molecule has 8 heteroatoms. The van der Waals surface area contributed by atoms with Crippen LogP contribution in [0.4, 0.5) is 11.4 Å². The number of aryl methyl sites for hydroxylation is 1. The molecule has 2 heterocycles. The molecule has 1 saturated heterocycles. The van der Waals surface area contributed by atoms with E-state index in [-0.39, 0.29) is 24.2 Å². The number of fused-ring (bicyclic) bond motifs is 1. The lowest BCUT2D eigenvalue weighted by molar-refractivity contribution is -0.383. The highest BCUT2D eigenvalue weighted by atomic mass is 16.6. The molecule has 0 aliphatic carbocycles. The molecule has 8 nitrogen and oxygen atoms in total. The standard InChI is InChI=1S/C17H21N5O3/c1-11-9-14(13-3-2-4-15(22(24)25)17(13)19-11)20-12-5-7-21(8-6-12)10-16(18)23/h2-4,9,12H,5-8,10H2,1H3,(H2,18,23)(H,19,20). The number of carbonyl (C=O) groups excluding carboxylic acids is 1. The fourth-order valence-corrected chi connectivity index (χ4v) is 3.30. The molecule has 1 aliphatic rings. The molecule has 3 rings (SSSR count). The van der Waals surface area contributed by atoms with Crippen LogP contribution in [0.25, 0.3) is 10.9 Å². The highest BCUT2D eigenvalue weighted by Crippen LogP contribution is 2.31. The number of likely N-dealkylation sites (tertiary alicyclic amines) is 1. The van der Waals surface area contributed by atoms with Gasteiger partial charge in [-0.2, -0.15) is 0 Å². The predicted molar refractivity (Wildman–Crippen MR) is 95.4 cm³/mol. The number of nitro groups is 1. The first kappa shape index (κ1) is 17.1. The zero-order valence-corrected chi connectivity index (χ0v) is 14.1. The summed E-state index contributed by atoms with van der Waals surface area (Å²) in [5.74, 6) is -0.311. The first-order valence-electron chi connectivity index (χ1n) is 8.26. The topological polar surface area (TPSA) is 114 Å². The lowest BCUT2D eigenvalue weighted by atomic mass is 10.0. The number of nitro benzene ring substituents is 1. The third-order valence-corrected chi connectivity index (χ3v) is 4.47. The third-order valence-electron chi connectivity index (χ3n) is 4.47. The average molecular weight is 343 g/mol. The van der Waals surface area contributed by atoms with Crippen molar-refractivity contribution in [2.24, 2.45) is 5.73 Å². The molecule has 1 aliphatic heterocycles. The second-order valence-corrected chi connectivity index (χ2v) is 6.40. The molecule has 0 atom stereocenters. The van der Waals surface area contributed by atoms with Gasteiger partial charge >= 0.3 is 0 Å². The number of piperidine rings is 1. The summed E-state index contributed by atoms with van der Waals surface area (Å²) in [4.78, 5) is 28.3. The van der Waals surface area contributed by atoms with Gasteiger partial charge in [0.25, 0.3) is 5.69 Å². The number of anilines is 1. The Labute approximate surface area is 145 Å². The first-order chi connectivity index (χ1) is 11.9. The second kappa shape index (κ2) is 7.02. The molecule has 0 bridgehead atoms. The summed E-state index contributed by atoms with van der Waals surface area (Å²) in [5, 5.41) is 15.5. The minimum Gasteiger partial charge on any atom is -0.382 e. The van der Waals surface area contributed by atoms with E-state index < -0.39 is 4.92 Å². The van der Waals surface area contributed by atoms with E-state index in [1.54, 1.807) is 6.07 Å². The Hall–Kier alpha value is -2.74. The van der Waals surface area contributed by atoms with E-state index in [4.69, 9.17) is 5.73 Å². The summed E-state index contributed by atoms with van der Waals surface area (Å²) in [6.45, 7) is 3.71. The van der Waals surface area contributed by atoms with E-state index in [0.29, 0.717) is 5.52 Å². The number of hydrogen-bond donors (Lipinski definition) is 2. The predicted octanol–water partition coefficient (Wildman–Crippen LogP) is 1.81. The van der Waals surface area contributed by atoms with Crippen LogP contribution in [0.2, 0.25) is 0 Å². The van der Waals surface area contributed by atoms with Crippen LogP contribution in [0, 0.1) is 17.0 Å². The fourth-order valence-electron chi connectivity index (χ4n) is 3.30. The largest absolute Gasteiger partial charge is 0.382 e. The van der Waals surface area contributed by atoms with Gasteiger partial charge in [0.1, 0.15) is 0 Å². The minimum atomic E-state index is -0.402. The number of nitrogens with two attached hydrogens (primary N) is 1. The Morgan fingerprint density at radius 1 is 1.44 bits per heavy atom. The van der Waals surface area contributed by atoms with E-state index in [1.807, 2.05) is 24.0 Å². The maximum atomic E-state index is 11.3. The van der Waals surface area contributed by atoms with Crippen LogP contribution in [-0.2, 0) is 4.79 Å². The maximum absolute atomic E-state index is 11.3. The molecule has 0 saturated carbocycles. The number of aromatic nitrogens is 1. The lowest BCUT2D eigenvalue weighted by Crippen LogP contribution is -2.42. The van der Waals surface area contributed by atoms with Crippen LogP contribution < -0.4 is 11.1 Å². The lowest BCUT2D eigenvalue weighted by Gasteiger charge is -2.32. The van der Waals surface area contributed by atoms with Crippen molar-refractivity contribution in [2.45, 2.75) is 25.8 Å². The molecule has 0 spiro atoms. The number of non-ortho nitro benzene ring substituents is 1. The van der Waals surface area contributed by atoms with Crippen LogP contribution in [0.3, 0.4) is 0 Å². The van der Waals surface area contributed by atoms with Crippen LogP contribution in [0.1, 0.15) is 18.5 Å². The van der Waals surface area contributed by atoms with E-state index in [2.05, 4.69) is 10.3 Å². The Kier molecular flexibility index (Phi) is 4.80. The summed E-state index contributed by atoms with van der Waals surface area (Å²) >= 11 is 0. The van der Waals surface area contributed by atoms with Gasteiger partial charge in [-0.05, 0) is 25.8 Å². The van der Waals surface area contributed by atoms with Gasteiger partial charge in [0, 0.05) is 42.0 Å². The fraction of sp³-hybridized carbons (Fsp3) is 0.412. The number of para-hydroxylation sites is 1. The number of primary amides is 1. The van der Waals surface area contributed by atoms with Crippen molar-refractivity contribution in [3.63, 3.8) is 0 Å². The number of hydrogen-bond acceptors (Lipinski definition) is 6. The summed E-state index contributed by atoms with van der Waals surface area (Å²) < 4.78 is 0. The highest BCUT2D eigenvalue weighted by Gasteiger charge is 2.22. The molecule has 1 amide bonds. The van der Waals surface area contributed by atoms with Crippen molar-refractivity contribution in [1.82, 2.24) is 9.88 Å². The van der Waals surface area contributed by atoms with Crippen LogP contribution in [0.15, 0.2) is 24.3 Å². The summed E-state index contributed by atoms with van der Waals surface area (Å²) in [6, 6.07) is 7.16. The van der Waals surface area contributed by atoms with Crippen LogP contribution in [0.5, 0.6) is 0 Å². The second-order valence-electron chi connectivity index (χ2n) is 6.40. The normalized spacial score (nSPS) is 16.0. The number of carbonyl (C=O) groups is 1. The first-order valence-corrected chi connectivity index (χ1v) is 8.26. The van der Waals surface area contributed by atoms with Gasteiger partial charge < -0.3 is 11.1 Å². The van der Waals surface area contributed by atoms with E-state index in [1.165, 1.54) is 6.07 Å². The molecule has 1 aromatic carbocycles. The molecule has 25 heavy (non-hydrogen) atoms. The molecule has 1 fully saturated rings. The van der Waals surface area contributed by atoms with Gasteiger partial charge in [0.2, 0.25) is 5.91 Å². The third kappa shape index (κ3) is 3.85. The molecule has 3 N–H and O–H groups in total. The summed E-state index contributed by atoms with van der Waals surface area (Å²) in [7, 11) is 0. The summed E-state index contributed by atoms with van der Waals surface area (Å²) in [6.07, 6.45) is 1.76. The summed E-state index contributed by atoms with van der Waals surface area (Å²) in [5.41, 5.74) is 7.25. The molecule has 0 unspecified atom stereocenters. The van der Waals surface area contributed by atoms with Crippen molar-refractivity contribution in [3.05, 3.63) is 40.1 Å². The number of pyridine rings is 1. The average Bonchev–Trinajstić information content (AvgIpc) is 2.55. The Morgan fingerprint density at radius 2 is 2.16 bits per heavy atom. The molecule has 0 radical (unpaired) electrons. The van der Waals surface area contributed by atoms with Crippen LogP contribution >= 0.6 is 0 Å². The van der Waals surface area contributed by atoms with Crippen molar-refractivity contribution in [2.75, 3.05) is 25.0 Å². The number of nitrogens with one attached hydrogen (secondary N) is 1. The van der Waals surface area contributed by atoms with Crippen LogP contribution in [-0.4, -0.2) is 46.4 Å². The van der Waals surface area contributed by atoms with Crippen molar-refractivity contribution in [3.8, 4) is 0 Å². The zero-order valence-electron chi connectivity index (χ0n) is 14.1. The van der Waals surface area contributed by atoms with E-state index >= 15 is 0 Å². The monoisotopic (exact) mass is 343 g/mol. The van der Waals surface area contributed by atoms with Gasteiger partial charge in [-0.3, -0.25) is 19.8 Å². The Balaban J connectivity index is 1.82. The molecule has 1 aromatic heterocycles. The van der Waals surface area contributed by atoms with Crippen molar-refractivity contribution in [1.29, 1.82) is 0 Å². The van der Waals surface area contributed by atoms with Gasteiger partial charge in [-0.1, -0.05) is 12.1 Å². The molecular weight excluding hydrogens is 322 g/mol. The SMILES string of the molecule is Cc1cc(NC2CCN(CC(N)=O)CC2)c2cccc([N+](=O)[O-])c2n1. The Morgan fingerprint density at radius 3 is 2.80 bits per heavy atom. The quantitative estimate of drug-likeness (QED) is 0.632. The van der Waals surface area contributed by atoms with Crippen molar-refractivity contribution < 1.29 is 9.72 Å². The number of amides is 1. The minimum absolute atomic E-state index is 0.0144. The van der Waals surface area contributed by atoms with E-state index in [9.17, 15) is 14.9 Å². The smallest absolute Gasteiger partial charge is 0.295 e. The van der Waals surface area contributed by atoms with Gasteiger partial charge in [-0.25, -0.2) is 4.98 Å². The zero-order chi connectivity index (χ0) is 18.0. The molecular formula is C17H21N5O3.